The summed E-state index contributed by atoms with van der Waals surface area (Å²) in [4.78, 5) is 17.3. The number of fused-ring (bicyclic) bond motifs is 1. The first-order chi connectivity index (χ1) is 11.5. The smallest absolute Gasteiger partial charge is 0.256 e. The van der Waals surface area contributed by atoms with Gasteiger partial charge in [0.1, 0.15) is 11.6 Å². The number of rotatable bonds is 3. The maximum Gasteiger partial charge on any atom is 0.256 e. The molecular formula is C19H16F2N2O. The lowest BCUT2D eigenvalue weighted by atomic mass is 9.99. The highest BCUT2D eigenvalue weighted by Gasteiger charge is 2.18. The Hall–Kier alpha value is -2.82. The summed E-state index contributed by atoms with van der Waals surface area (Å²) >= 11 is 0. The van der Waals surface area contributed by atoms with Gasteiger partial charge in [0.15, 0.2) is 0 Å². The van der Waals surface area contributed by atoms with Gasteiger partial charge < -0.3 is 5.32 Å². The molecule has 5 heteroatoms. The van der Waals surface area contributed by atoms with Crippen molar-refractivity contribution in [2.75, 3.05) is 5.32 Å². The van der Waals surface area contributed by atoms with Gasteiger partial charge in [0, 0.05) is 17.1 Å². The lowest BCUT2D eigenvalue weighted by Crippen LogP contribution is -2.16. The van der Waals surface area contributed by atoms with E-state index in [9.17, 15) is 13.6 Å². The van der Waals surface area contributed by atoms with Gasteiger partial charge in [0.2, 0.25) is 0 Å². The van der Waals surface area contributed by atoms with Gasteiger partial charge in [-0.1, -0.05) is 25.1 Å². The van der Waals surface area contributed by atoms with Gasteiger partial charge in [0.25, 0.3) is 5.91 Å². The summed E-state index contributed by atoms with van der Waals surface area (Å²) in [6.45, 7) is 3.77. The molecular weight excluding hydrogens is 310 g/mol. The number of para-hydroxylation sites is 1. The molecule has 0 atom stereocenters. The average Bonchev–Trinajstić information content (AvgIpc) is 2.57. The number of amides is 1. The Morgan fingerprint density at radius 2 is 1.92 bits per heavy atom. The van der Waals surface area contributed by atoms with Crippen LogP contribution in [0.25, 0.3) is 10.9 Å². The van der Waals surface area contributed by atoms with Gasteiger partial charge in [0.05, 0.1) is 16.8 Å². The monoisotopic (exact) mass is 326 g/mol. The van der Waals surface area contributed by atoms with Crippen LogP contribution < -0.4 is 5.32 Å². The minimum atomic E-state index is -0.684. The van der Waals surface area contributed by atoms with Crippen molar-refractivity contribution in [2.24, 2.45) is 0 Å². The molecule has 24 heavy (non-hydrogen) atoms. The minimum Gasteiger partial charge on any atom is -0.319 e. The Balaban J connectivity index is 2.12. The molecule has 2 aromatic carbocycles. The van der Waals surface area contributed by atoms with Crippen molar-refractivity contribution >= 4 is 22.5 Å². The van der Waals surface area contributed by atoms with Crippen molar-refractivity contribution in [3.05, 3.63) is 70.9 Å². The van der Waals surface area contributed by atoms with Crippen molar-refractivity contribution < 1.29 is 13.6 Å². The molecule has 0 spiro atoms. The first kappa shape index (κ1) is 16.1. The molecule has 1 N–H and O–H groups in total. The van der Waals surface area contributed by atoms with Crippen LogP contribution in [0.3, 0.4) is 0 Å². The molecule has 1 amide bonds. The van der Waals surface area contributed by atoms with Crippen molar-refractivity contribution in [1.82, 2.24) is 4.98 Å². The van der Waals surface area contributed by atoms with Crippen LogP contribution >= 0.6 is 0 Å². The van der Waals surface area contributed by atoms with Gasteiger partial charge in [-0.25, -0.2) is 8.78 Å². The number of nitrogens with one attached hydrogen (secondary N) is 1. The number of halogens is 2. The number of aryl methyl sites for hydroxylation is 1. The molecule has 0 fully saturated rings. The summed E-state index contributed by atoms with van der Waals surface area (Å²) < 4.78 is 27.1. The van der Waals surface area contributed by atoms with Crippen LogP contribution in [0.1, 0.15) is 28.5 Å². The summed E-state index contributed by atoms with van der Waals surface area (Å²) in [6.07, 6.45) is 0.672. The number of carbonyl (C=O) groups excluding carboxylic acids is 1. The Kier molecular flexibility index (Phi) is 4.25. The van der Waals surface area contributed by atoms with E-state index in [4.69, 9.17) is 0 Å². The van der Waals surface area contributed by atoms with Crippen molar-refractivity contribution in [3.63, 3.8) is 0 Å². The molecule has 0 aliphatic heterocycles. The maximum absolute atomic E-state index is 13.8. The molecule has 3 nitrogen and oxygen atoms in total. The minimum absolute atomic E-state index is 0.182. The van der Waals surface area contributed by atoms with E-state index < -0.39 is 17.5 Å². The van der Waals surface area contributed by atoms with Gasteiger partial charge in [-0.2, -0.15) is 0 Å². The van der Waals surface area contributed by atoms with Crippen LogP contribution in [-0.4, -0.2) is 10.9 Å². The van der Waals surface area contributed by atoms with Crippen molar-refractivity contribution in [1.29, 1.82) is 0 Å². The lowest BCUT2D eigenvalue weighted by molar-refractivity contribution is 0.102. The Bertz CT molecular complexity index is 938. The number of hydrogen-bond acceptors (Lipinski definition) is 2. The summed E-state index contributed by atoms with van der Waals surface area (Å²) in [5.41, 5.74) is 2.49. The molecule has 0 saturated carbocycles. The van der Waals surface area contributed by atoms with Crippen LogP contribution in [0.15, 0.2) is 42.5 Å². The molecule has 0 saturated heterocycles. The average molecular weight is 326 g/mol. The largest absolute Gasteiger partial charge is 0.319 e. The second-order valence-electron chi connectivity index (χ2n) is 5.51. The van der Waals surface area contributed by atoms with Crippen LogP contribution in [0, 0.1) is 18.6 Å². The number of hydrogen-bond donors (Lipinski definition) is 1. The molecule has 1 heterocycles. The molecule has 0 aliphatic carbocycles. The number of nitrogens with zero attached hydrogens (tertiary/aromatic N) is 1. The number of pyridine rings is 1. The second kappa shape index (κ2) is 6.35. The van der Waals surface area contributed by atoms with E-state index in [0.717, 1.165) is 29.5 Å². The number of anilines is 1. The van der Waals surface area contributed by atoms with E-state index in [1.807, 2.05) is 32.0 Å². The normalized spacial score (nSPS) is 10.8. The fraction of sp³-hybridized carbons (Fsp3) is 0.158. The first-order valence-corrected chi connectivity index (χ1v) is 7.66. The Labute approximate surface area is 138 Å². The first-order valence-electron chi connectivity index (χ1n) is 7.66. The zero-order valence-corrected chi connectivity index (χ0v) is 13.4. The van der Waals surface area contributed by atoms with Crippen LogP contribution in [0.5, 0.6) is 0 Å². The zero-order chi connectivity index (χ0) is 17.3. The molecule has 0 bridgehead atoms. The van der Waals surface area contributed by atoms with Gasteiger partial charge in [-0.15, -0.1) is 0 Å². The molecule has 0 unspecified atom stereocenters. The highest BCUT2D eigenvalue weighted by Crippen LogP contribution is 2.25. The highest BCUT2D eigenvalue weighted by atomic mass is 19.1. The van der Waals surface area contributed by atoms with Gasteiger partial charge >= 0.3 is 0 Å². The molecule has 3 rings (SSSR count). The molecule has 1 aromatic heterocycles. The van der Waals surface area contributed by atoms with Gasteiger partial charge in [-0.05, 0) is 37.1 Å². The lowest BCUT2D eigenvalue weighted by Gasteiger charge is -2.14. The van der Waals surface area contributed by atoms with Crippen molar-refractivity contribution in [3.8, 4) is 0 Å². The molecule has 3 aromatic rings. The van der Waals surface area contributed by atoms with E-state index in [1.165, 1.54) is 0 Å². The van der Waals surface area contributed by atoms with Crippen molar-refractivity contribution in [2.45, 2.75) is 20.3 Å². The zero-order valence-electron chi connectivity index (χ0n) is 13.4. The fourth-order valence-corrected chi connectivity index (χ4v) is 2.77. The highest BCUT2D eigenvalue weighted by molar-refractivity contribution is 6.13. The maximum atomic E-state index is 13.8. The predicted octanol–water partition coefficient (Wildman–Crippen LogP) is 4.64. The third-order valence-corrected chi connectivity index (χ3v) is 3.98. The van der Waals surface area contributed by atoms with Gasteiger partial charge in [-0.3, -0.25) is 9.78 Å². The number of carbonyl (C=O) groups is 1. The standard InChI is InChI=1S/C19H16F2N2O/c1-3-15-11(2)18(13-6-4-5-7-16(13)22-15)19(24)23-17-10-12(20)8-9-14(17)21/h4-10H,3H2,1-2H3,(H,23,24). The quantitative estimate of drug-likeness (QED) is 0.762. The van der Waals surface area contributed by atoms with E-state index >= 15 is 0 Å². The van der Waals surface area contributed by atoms with E-state index in [-0.39, 0.29) is 5.69 Å². The SMILES string of the molecule is CCc1nc2ccccc2c(C(=O)Nc2cc(F)ccc2F)c1C. The Morgan fingerprint density at radius 3 is 2.67 bits per heavy atom. The molecule has 0 aliphatic rings. The summed E-state index contributed by atoms with van der Waals surface area (Å²) in [5, 5.41) is 3.15. The van der Waals surface area contributed by atoms with Crippen LogP contribution in [0.2, 0.25) is 0 Å². The van der Waals surface area contributed by atoms with Crippen LogP contribution in [0.4, 0.5) is 14.5 Å². The molecule has 0 radical (unpaired) electrons. The number of aromatic nitrogens is 1. The summed E-state index contributed by atoms with van der Waals surface area (Å²) in [5.74, 6) is -1.78. The third-order valence-electron chi connectivity index (χ3n) is 3.98. The molecule has 122 valence electrons. The van der Waals surface area contributed by atoms with Crippen LogP contribution in [-0.2, 0) is 6.42 Å². The van der Waals surface area contributed by atoms with E-state index in [2.05, 4.69) is 10.3 Å². The summed E-state index contributed by atoms with van der Waals surface area (Å²) in [7, 11) is 0. The Morgan fingerprint density at radius 1 is 1.17 bits per heavy atom. The topological polar surface area (TPSA) is 42.0 Å². The second-order valence-corrected chi connectivity index (χ2v) is 5.51. The number of benzene rings is 2. The van der Waals surface area contributed by atoms with E-state index in [1.54, 1.807) is 6.07 Å². The fourth-order valence-electron chi connectivity index (χ4n) is 2.77. The third kappa shape index (κ3) is 2.85. The predicted molar refractivity (Wildman–Crippen MR) is 90.2 cm³/mol. The van der Waals surface area contributed by atoms with E-state index in [0.29, 0.717) is 22.9 Å². The summed E-state index contributed by atoms with van der Waals surface area (Å²) in [6, 6.07) is 10.2.